The molecule has 0 saturated heterocycles. The number of anilines is 2. The minimum Gasteiger partial charge on any atom is -0.399 e. The Morgan fingerprint density at radius 3 is 2.80 bits per heavy atom. The first-order valence-corrected chi connectivity index (χ1v) is 11.0. The van der Waals surface area contributed by atoms with Crippen LogP contribution in [0.3, 0.4) is 0 Å². The highest BCUT2D eigenvalue weighted by Gasteiger charge is 2.27. The standard InChI is InChI=1S/C25H32N4O/c1-4-27-22-8-6-5-7-17(22)15-29-23-11-9-18(26)13-20(23)21-14-19(10-12-24(21)29)28-25(30)16(2)3/h5-9,11,13,16,19,27H,4,10,12,14-15,26H2,1-3H3,(H,28,30). The fraction of sp³-hybridized carbons (Fsp3) is 0.400. The van der Waals surface area contributed by atoms with E-state index in [1.54, 1.807) is 0 Å². The molecule has 0 radical (unpaired) electrons. The molecule has 0 spiro atoms. The number of rotatable bonds is 6. The predicted octanol–water partition coefficient (Wildman–Crippen LogP) is 4.33. The molecule has 0 fully saturated rings. The third kappa shape index (κ3) is 3.89. The molecule has 1 aliphatic carbocycles. The van der Waals surface area contributed by atoms with Crippen molar-refractivity contribution in [3.63, 3.8) is 0 Å². The van der Waals surface area contributed by atoms with Gasteiger partial charge in [0.1, 0.15) is 0 Å². The summed E-state index contributed by atoms with van der Waals surface area (Å²) in [6, 6.07) is 14.9. The summed E-state index contributed by atoms with van der Waals surface area (Å²) in [5, 5.41) is 7.94. The van der Waals surface area contributed by atoms with Crippen molar-refractivity contribution in [3.8, 4) is 0 Å². The molecule has 1 atom stereocenters. The van der Waals surface area contributed by atoms with Gasteiger partial charge in [-0.25, -0.2) is 0 Å². The number of carbonyl (C=O) groups excluding carboxylic acids is 1. The summed E-state index contributed by atoms with van der Waals surface area (Å²) in [5.41, 5.74) is 13.3. The average Bonchev–Trinajstić information content (AvgIpc) is 3.02. The number of nitrogens with zero attached hydrogens (tertiary/aromatic N) is 1. The van der Waals surface area contributed by atoms with Crippen molar-refractivity contribution in [3.05, 3.63) is 59.3 Å². The van der Waals surface area contributed by atoms with Gasteiger partial charge in [0.25, 0.3) is 0 Å². The van der Waals surface area contributed by atoms with Gasteiger partial charge in [-0.2, -0.15) is 0 Å². The summed E-state index contributed by atoms with van der Waals surface area (Å²) < 4.78 is 2.45. The lowest BCUT2D eigenvalue weighted by atomic mass is 9.91. The molecular formula is C25H32N4O. The van der Waals surface area contributed by atoms with Crippen molar-refractivity contribution < 1.29 is 4.79 Å². The zero-order chi connectivity index (χ0) is 21.3. The van der Waals surface area contributed by atoms with E-state index in [4.69, 9.17) is 5.73 Å². The molecule has 4 rings (SSSR count). The maximum atomic E-state index is 12.2. The molecular weight excluding hydrogens is 372 g/mol. The lowest BCUT2D eigenvalue weighted by molar-refractivity contribution is -0.124. The number of hydrogen-bond donors (Lipinski definition) is 3. The molecule has 2 aromatic carbocycles. The number of nitrogens with two attached hydrogens (primary N) is 1. The van der Waals surface area contributed by atoms with Gasteiger partial charge in [0.05, 0.1) is 0 Å². The lowest BCUT2D eigenvalue weighted by Gasteiger charge is -2.26. The van der Waals surface area contributed by atoms with Gasteiger partial charge in [0.15, 0.2) is 0 Å². The molecule has 30 heavy (non-hydrogen) atoms. The average molecular weight is 405 g/mol. The molecule has 3 aromatic rings. The Morgan fingerprint density at radius 1 is 1.23 bits per heavy atom. The van der Waals surface area contributed by atoms with Crippen molar-refractivity contribution in [1.82, 2.24) is 9.88 Å². The molecule has 5 heteroatoms. The van der Waals surface area contributed by atoms with Crippen LogP contribution >= 0.6 is 0 Å². The molecule has 0 saturated carbocycles. The van der Waals surface area contributed by atoms with Crippen LogP contribution in [0.5, 0.6) is 0 Å². The number of benzene rings is 2. The second kappa shape index (κ2) is 8.42. The van der Waals surface area contributed by atoms with E-state index in [9.17, 15) is 4.79 Å². The first-order chi connectivity index (χ1) is 14.5. The molecule has 1 unspecified atom stereocenters. The first kappa shape index (κ1) is 20.3. The Bertz CT molecular complexity index is 1070. The van der Waals surface area contributed by atoms with E-state index in [0.717, 1.165) is 38.0 Å². The Balaban J connectivity index is 1.73. The SMILES string of the molecule is CCNc1ccccc1Cn1c2c(c3cc(N)ccc31)CC(NC(=O)C(C)C)CC2. The van der Waals surface area contributed by atoms with E-state index in [1.807, 2.05) is 19.9 Å². The van der Waals surface area contributed by atoms with E-state index in [1.165, 1.54) is 33.4 Å². The Kier molecular flexibility index (Phi) is 5.71. The van der Waals surface area contributed by atoms with Gasteiger partial charge in [-0.3, -0.25) is 4.79 Å². The fourth-order valence-corrected chi connectivity index (χ4v) is 4.53. The van der Waals surface area contributed by atoms with Gasteiger partial charge in [-0.1, -0.05) is 32.0 Å². The van der Waals surface area contributed by atoms with Gasteiger partial charge >= 0.3 is 0 Å². The van der Waals surface area contributed by atoms with E-state index < -0.39 is 0 Å². The molecule has 0 aliphatic heterocycles. The van der Waals surface area contributed by atoms with Crippen molar-refractivity contribution in [2.75, 3.05) is 17.6 Å². The second-order valence-corrected chi connectivity index (χ2v) is 8.58. The number of fused-ring (bicyclic) bond motifs is 3. The maximum Gasteiger partial charge on any atom is 0.222 e. The molecule has 158 valence electrons. The van der Waals surface area contributed by atoms with Crippen LogP contribution in [-0.4, -0.2) is 23.1 Å². The van der Waals surface area contributed by atoms with E-state index in [0.29, 0.717) is 0 Å². The van der Waals surface area contributed by atoms with Gasteiger partial charge in [0, 0.05) is 53.0 Å². The number of nitrogens with one attached hydrogen (secondary N) is 2. The fourth-order valence-electron chi connectivity index (χ4n) is 4.53. The van der Waals surface area contributed by atoms with Crippen LogP contribution in [0.15, 0.2) is 42.5 Å². The first-order valence-electron chi connectivity index (χ1n) is 11.0. The van der Waals surface area contributed by atoms with Crippen LogP contribution in [-0.2, 0) is 24.2 Å². The third-order valence-electron chi connectivity index (χ3n) is 6.07. The van der Waals surface area contributed by atoms with Crippen LogP contribution < -0.4 is 16.4 Å². The summed E-state index contributed by atoms with van der Waals surface area (Å²) in [5.74, 6) is 0.136. The summed E-state index contributed by atoms with van der Waals surface area (Å²) >= 11 is 0. The Labute approximate surface area is 178 Å². The van der Waals surface area contributed by atoms with Gasteiger partial charge in [0.2, 0.25) is 5.91 Å². The summed E-state index contributed by atoms with van der Waals surface area (Å²) in [6.45, 7) is 7.73. The Hall–Kier alpha value is -2.95. The summed E-state index contributed by atoms with van der Waals surface area (Å²) in [6.07, 6.45) is 2.78. The number of amides is 1. The third-order valence-corrected chi connectivity index (χ3v) is 6.07. The number of hydrogen-bond acceptors (Lipinski definition) is 3. The molecule has 1 heterocycles. The van der Waals surface area contributed by atoms with Crippen LogP contribution in [0.4, 0.5) is 11.4 Å². The molecule has 4 N–H and O–H groups in total. The van der Waals surface area contributed by atoms with Crippen molar-refractivity contribution >= 4 is 28.2 Å². The monoisotopic (exact) mass is 404 g/mol. The van der Waals surface area contributed by atoms with Crippen LogP contribution in [0, 0.1) is 5.92 Å². The highest BCUT2D eigenvalue weighted by molar-refractivity contribution is 5.89. The topological polar surface area (TPSA) is 72.1 Å². The summed E-state index contributed by atoms with van der Waals surface area (Å²) in [4.78, 5) is 12.2. The molecule has 1 aromatic heterocycles. The largest absolute Gasteiger partial charge is 0.399 e. The quantitative estimate of drug-likeness (QED) is 0.535. The zero-order valence-electron chi connectivity index (χ0n) is 18.2. The van der Waals surface area contributed by atoms with Crippen LogP contribution in [0.25, 0.3) is 10.9 Å². The van der Waals surface area contributed by atoms with Crippen molar-refractivity contribution in [2.24, 2.45) is 5.92 Å². The van der Waals surface area contributed by atoms with E-state index >= 15 is 0 Å². The van der Waals surface area contributed by atoms with Crippen LogP contribution in [0.2, 0.25) is 0 Å². The minimum absolute atomic E-state index is 0.00551. The maximum absolute atomic E-state index is 12.2. The second-order valence-electron chi connectivity index (χ2n) is 8.58. The smallest absolute Gasteiger partial charge is 0.222 e. The zero-order valence-corrected chi connectivity index (χ0v) is 18.2. The van der Waals surface area contributed by atoms with Crippen molar-refractivity contribution in [1.29, 1.82) is 0 Å². The molecule has 5 nitrogen and oxygen atoms in total. The van der Waals surface area contributed by atoms with E-state index in [-0.39, 0.29) is 17.9 Å². The van der Waals surface area contributed by atoms with E-state index in [2.05, 4.69) is 58.5 Å². The highest BCUT2D eigenvalue weighted by atomic mass is 16.1. The normalized spacial score (nSPS) is 15.9. The Morgan fingerprint density at radius 2 is 2.03 bits per heavy atom. The highest BCUT2D eigenvalue weighted by Crippen LogP contribution is 2.34. The molecule has 1 aliphatic rings. The number of para-hydroxylation sites is 1. The van der Waals surface area contributed by atoms with Crippen LogP contribution in [0.1, 0.15) is 44.0 Å². The number of aromatic nitrogens is 1. The van der Waals surface area contributed by atoms with Crippen molar-refractivity contribution in [2.45, 2.75) is 52.6 Å². The molecule has 0 bridgehead atoms. The number of carbonyl (C=O) groups is 1. The minimum atomic E-state index is 0.00551. The van der Waals surface area contributed by atoms with Gasteiger partial charge in [-0.15, -0.1) is 0 Å². The predicted molar refractivity (Wildman–Crippen MR) is 125 cm³/mol. The lowest BCUT2D eigenvalue weighted by Crippen LogP contribution is -2.41. The summed E-state index contributed by atoms with van der Waals surface area (Å²) in [7, 11) is 0. The number of nitrogen functional groups attached to an aromatic ring is 1. The molecule has 1 amide bonds. The van der Waals surface area contributed by atoms with Gasteiger partial charge in [-0.05, 0) is 61.6 Å². The van der Waals surface area contributed by atoms with Gasteiger partial charge < -0.3 is 20.9 Å².